The highest BCUT2D eigenvalue weighted by Crippen LogP contribution is 2.07. The summed E-state index contributed by atoms with van der Waals surface area (Å²) in [5.74, 6) is 0.284. The molecule has 0 aliphatic carbocycles. The van der Waals surface area contributed by atoms with Gasteiger partial charge in [0.2, 0.25) is 0 Å². The molecule has 1 aromatic heterocycles. The first kappa shape index (κ1) is 16.5. The van der Waals surface area contributed by atoms with Crippen LogP contribution in [0.1, 0.15) is 11.1 Å². The summed E-state index contributed by atoms with van der Waals surface area (Å²) >= 11 is 0. The molecule has 1 saturated heterocycles. The van der Waals surface area contributed by atoms with Gasteiger partial charge in [0.25, 0.3) is 5.56 Å². The van der Waals surface area contributed by atoms with Gasteiger partial charge < -0.3 is 15.5 Å². The fourth-order valence-electron chi connectivity index (χ4n) is 3.18. The summed E-state index contributed by atoms with van der Waals surface area (Å²) in [4.78, 5) is 29.7. The van der Waals surface area contributed by atoms with E-state index in [-0.39, 0.29) is 11.4 Å². The summed E-state index contributed by atoms with van der Waals surface area (Å²) in [5, 5.41) is 0. The second-order valence-corrected chi connectivity index (χ2v) is 6.58. The molecule has 0 radical (unpaired) electrons. The van der Waals surface area contributed by atoms with Crippen molar-refractivity contribution in [2.75, 3.05) is 39.0 Å². The minimum absolute atomic E-state index is 0.284. The Kier molecular flexibility index (Phi) is 4.82. The SMILES string of the molecule is C[NH+]1CC[NH+](Cc2c(N)n(Cc3ccccc3)c(=O)[nH]c2=O)CC1. The monoisotopic (exact) mass is 331 g/mol. The van der Waals surface area contributed by atoms with E-state index >= 15 is 0 Å². The van der Waals surface area contributed by atoms with Crippen molar-refractivity contribution in [3.05, 3.63) is 62.3 Å². The number of likely N-dealkylation sites (N-methyl/N-ethyl adjacent to an activating group) is 1. The number of rotatable bonds is 4. The Morgan fingerprint density at radius 1 is 1.12 bits per heavy atom. The Morgan fingerprint density at radius 2 is 1.79 bits per heavy atom. The highest BCUT2D eigenvalue weighted by molar-refractivity contribution is 5.38. The Morgan fingerprint density at radius 3 is 2.46 bits per heavy atom. The number of anilines is 1. The molecule has 0 unspecified atom stereocenters. The van der Waals surface area contributed by atoms with E-state index in [1.165, 1.54) is 14.4 Å². The molecule has 2 aromatic rings. The van der Waals surface area contributed by atoms with Gasteiger partial charge >= 0.3 is 5.69 Å². The number of aromatic amines is 1. The van der Waals surface area contributed by atoms with Crippen LogP contribution in [0.5, 0.6) is 0 Å². The van der Waals surface area contributed by atoms with Gasteiger partial charge in [-0.2, -0.15) is 0 Å². The van der Waals surface area contributed by atoms with Gasteiger partial charge in [0.15, 0.2) is 0 Å². The van der Waals surface area contributed by atoms with E-state index in [4.69, 9.17) is 5.73 Å². The number of benzene rings is 1. The number of nitrogens with one attached hydrogen (secondary N) is 3. The largest absolute Gasteiger partial charge is 0.384 e. The van der Waals surface area contributed by atoms with Crippen LogP contribution in [0.2, 0.25) is 0 Å². The summed E-state index contributed by atoms with van der Waals surface area (Å²) in [6.07, 6.45) is 0. The molecule has 0 bridgehead atoms. The molecule has 0 spiro atoms. The minimum atomic E-state index is -0.456. The molecule has 1 fully saturated rings. The molecule has 24 heavy (non-hydrogen) atoms. The maximum absolute atomic E-state index is 12.2. The van der Waals surface area contributed by atoms with E-state index in [1.807, 2.05) is 30.3 Å². The molecule has 5 N–H and O–H groups in total. The number of H-pyrrole nitrogens is 1. The molecular formula is C17H25N5O2+2. The van der Waals surface area contributed by atoms with Crippen LogP contribution < -0.4 is 26.8 Å². The molecule has 2 heterocycles. The summed E-state index contributed by atoms with van der Waals surface area (Å²) in [6, 6.07) is 9.63. The fourth-order valence-corrected chi connectivity index (χ4v) is 3.18. The molecule has 7 nitrogen and oxygen atoms in total. The molecule has 7 heteroatoms. The third kappa shape index (κ3) is 3.58. The van der Waals surface area contributed by atoms with E-state index in [0.717, 1.165) is 31.7 Å². The van der Waals surface area contributed by atoms with Crippen LogP contribution in [0.15, 0.2) is 39.9 Å². The van der Waals surface area contributed by atoms with Gasteiger partial charge in [-0.1, -0.05) is 30.3 Å². The van der Waals surface area contributed by atoms with Gasteiger partial charge in [-0.15, -0.1) is 0 Å². The molecule has 0 amide bonds. The number of hydrogen-bond donors (Lipinski definition) is 4. The lowest BCUT2D eigenvalue weighted by atomic mass is 10.2. The van der Waals surface area contributed by atoms with Crippen LogP contribution >= 0.6 is 0 Å². The fraction of sp³-hybridized carbons (Fsp3) is 0.412. The standard InChI is InChI=1S/C17H23N5O2/c1-20-7-9-21(10-8-20)12-14-15(18)22(17(24)19-16(14)23)11-13-5-3-2-4-6-13/h2-6H,7-12,18H2,1H3,(H,19,23,24)/p+2. The van der Waals surface area contributed by atoms with Crippen molar-refractivity contribution in [2.24, 2.45) is 0 Å². The molecule has 1 aliphatic rings. The predicted octanol–water partition coefficient (Wildman–Crippen LogP) is -2.92. The topological polar surface area (TPSA) is 89.8 Å². The molecule has 1 aliphatic heterocycles. The van der Waals surface area contributed by atoms with Crippen molar-refractivity contribution < 1.29 is 9.80 Å². The number of piperazine rings is 1. The Balaban J connectivity index is 1.88. The average molecular weight is 331 g/mol. The Hall–Kier alpha value is -2.38. The third-order valence-corrected chi connectivity index (χ3v) is 4.76. The van der Waals surface area contributed by atoms with E-state index < -0.39 is 5.69 Å². The third-order valence-electron chi connectivity index (χ3n) is 4.76. The number of quaternary nitrogens is 2. The van der Waals surface area contributed by atoms with Gasteiger partial charge in [-0.05, 0) is 5.56 Å². The van der Waals surface area contributed by atoms with Gasteiger partial charge in [-0.3, -0.25) is 14.3 Å². The maximum atomic E-state index is 12.2. The van der Waals surface area contributed by atoms with Gasteiger partial charge in [0.1, 0.15) is 44.1 Å². The molecular weight excluding hydrogens is 306 g/mol. The normalized spacial score (nSPS) is 20.9. The van der Waals surface area contributed by atoms with Crippen LogP contribution in [0.25, 0.3) is 0 Å². The first-order valence-corrected chi connectivity index (χ1v) is 8.35. The number of nitrogens with zero attached hydrogens (tertiary/aromatic N) is 1. The van der Waals surface area contributed by atoms with E-state index in [0.29, 0.717) is 18.7 Å². The number of nitrogens with two attached hydrogens (primary N) is 1. The number of aromatic nitrogens is 2. The smallest absolute Gasteiger partial charge is 0.330 e. The van der Waals surface area contributed by atoms with Crippen molar-refractivity contribution in [1.29, 1.82) is 0 Å². The first-order valence-electron chi connectivity index (χ1n) is 8.35. The summed E-state index contributed by atoms with van der Waals surface area (Å²) in [6.45, 7) is 5.08. The van der Waals surface area contributed by atoms with Gasteiger partial charge in [0.05, 0.1) is 13.6 Å². The summed E-state index contributed by atoms with van der Waals surface area (Å²) < 4.78 is 1.45. The zero-order valence-electron chi connectivity index (χ0n) is 14.0. The van der Waals surface area contributed by atoms with Crippen molar-refractivity contribution in [3.8, 4) is 0 Å². The van der Waals surface area contributed by atoms with Crippen molar-refractivity contribution >= 4 is 5.82 Å². The highest BCUT2D eigenvalue weighted by Gasteiger charge is 2.23. The lowest BCUT2D eigenvalue weighted by molar-refractivity contribution is -1.01. The van der Waals surface area contributed by atoms with Gasteiger partial charge in [-0.25, -0.2) is 4.79 Å². The Bertz CT molecular complexity index is 804. The summed E-state index contributed by atoms with van der Waals surface area (Å²) in [7, 11) is 2.18. The van der Waals surface area contributed by atoms with Crippen LogP contribution in [-0.4, -0.2) is 42.8 Å². The zero-order valence-corrected chi connectivity index (χ0v) is 14.0. The number of hydrogen-bond acceptors (Lipinski definition) is 3. The zero-order chi connectivity index (χ0) is 17.1. The van der Waals surface area contributed by atoms with Crippen molar-refractivity contribution in [2.45, 2.75) is 13.1 Å². The highest BCUT2D eigenvalue weighted by atomic mass is 16.2. The van der Waals surface area contributed by atoms with E-state index in [1.54, 1.807) is 0 Å². The molecule has 0 atom stereocenters. The quantitative estimate of drug-likeness (QED) is 0.484. The van der Waals surface area contributed by atoms with Crippen LogP contribution in [0.3, 0.4) is 0 Å². The molecule has 3 rings (SSSR count). The second kappa shape index (κ2) is 7.02. The van der Waals surface area contributed by atoms with E-state index in [2.05, 4.69) is 12.0 Å². The molecule has 1 aromatic carbocycles. The van der Waals surface area contributed by atoms with Crippen molar-refractivity contribution in [1.82, 2.24) is 9.55 Å². The average Bonchev–Trinajstić information content (AvgIpc) is 2.58. The van der Waals surface area contributed by atoms with E-state index in [9.17, 15) is 9.59 Å². The predicted molar refractivity (Wildman–Crippen MR) is 92.3 cm³/mol. The maximum Gasteiger partial charge on any atom is 0.330 e. The number of nitrogen functional groups attached to an aromatic ring is 1. The first-order chi connectivity index (χ1) is 11.5. The van der Waals surface area contributed by atoms with Gasteiger partial charge in [0, 0.05) is 0 Å². The van der Waals surface area contributed by atoms with Crippen LogP contribution in [-0.2, 0) is 13.1 Å². The molecule has 0 saturated carbocycles. The van der Waals surface area contributed by atoms with Crippen molar-refractivity contribution in [3.63, 3.8) is 0 Å². The Labute approximate surface area is 140 Å². The molecule has 128 valence electrons. The lowest BCUT2D eigenvalue weighted by Crippen LogP contribution is -3.26. The minimum Gasteiger partial charge on any atom is -0.384 e. The van der Waals surface area contributed by atoms with Crippen LogP contribution in [0, 0.1) is 0 Å². The summed E-state index contributed by atoms with van der Waals surface area (Å²) in [5.41, 5.74) is 6.87. The lowest BCUT2D eigenvalue weighted by Gasteiger charge is -2.27. The second-order valence-electron chi connectivity index (χ2n) is 6.58. The van der Waals surface area contributed by atoms with Crippen LogP contribution in [0.4, 0.5) is 5.82 Å².